The number of nitrogens with two attached hydrogens (primary N) is 1. The first-order valence-corrected chi connectivity index (χ1v) is 5.62. The summed E-state index contributed by atoms with van der Waals surface area (Å²) >= 11 is 0. The van der Waals surface area contributed by atoms with Crippen LogP contribution in [0.2, 0.25) is 0 Å². The highest BCUT2D eigenvalue weighted by molar-refractivity contribution is 5.47. The molecule has 2 atom stereocenters. The van der Waals surface area contributed by atoms with Crippen LogP contribution in [0.25, 0.3) is 0 Å². The summed E-state index contributed by atoms with van der Waals surface area (Å²) in [5.74, 6) is 0.901. The second-order valence-electron chi connectivity index (χ2n) is 4.26. The highest BCUT2D eigenvalue weighted by Gasteiger charge is 2.11. The second kappa shape index (κ2) is 5.82. The average molecular weight is 223 g/mol. The molecule has 2 unspecified atom stereocenters. The van der Waals surface area contributed by atoms with Gasteiger partial charge in [0.15, 0.2) is 0 Å². The Morgan fingerprint density at radius 2 is 2.19 bits per heavy atom. The van der Waals surface area contributed by atoms with E-state index in [0.717, 1.165) is 24.3 Å². The number of rotatable bonds is 5. The molecular formula is C12H21N3O. The molecule has 0 saturated heterocycles. The molecule has 4 heteroatoms. The number of pyridine rings is 1. The number of aliphatic hydroxyl groups excluding tert-OH is 1. The van der Waals surface area contributed by atoms with Crippen LogP contribution in [-0.4, -0.2) is 29.8 Å². The lowest BCUT2D eigenvalue weighted by Gasteiger charge is -2.22. The molecule has 1 aromatic rings. The highest BCUT2D eigenvalue weighted by atomic mass is 16.3. The third kappa shape index (κ3) is 3.47. The van der Waals surface area contributed by atoms with Gasteiger partial charge in [0.25, 0.3) is 0 Å². The van der Waals surface area contributed by atoms with Crippen LogP contribution in [0.4, 0.5) is 5.82 Å². The van der Waals surface area contributed by atoms with E-state index < -0.39 is 0 Å². The minimum atomic E-state index is -0.287. The largest absolute Gasteiger partial charge is 0.393 e. The number of aliphatic hydroxyl groups is 1. The zero-order valence-electron chi connectivity index (χ0n) is 10.2. The zero-order chi connectivity index (χ0) is 12.1. The first kappa shape index (κ1) is 12.9. The summed E-state index contributed by atoms with van der Waals surface area (Å²) in [5, 5.41) is 9.25. The second-order valence-corrected chi connectivity index (χ2v) is 4.26. The van der Waals surface area contributed by atoms with E-state index >= 15 is 0 Å². The maximum absolute atomic E-state index is 9.25. The molecule has 0 aliphatic carbocycles. The van der Waals surface area contributed by atoms with Crippen molar-refractivity contribution in [1.82, 2.24) is 4.98 Å². The van der Waals surface area contributed by atoms with Gasteiger partial charge in [-0.05, 0) is 26.3 Å². The van der Waals surface area contributed by atoms with Crippen molar-refractivity contribution in [3.05, 3.63) is 23.9 Å². The Hall–Kier alpha value is -1.13. The SMILES string of the molecule is CC(O)CCN(C)c1ncccc1C(C)N. The summed E-state index contributed by atoms with van der Waals surface area (Å²) < 4.78 is 0. The van der Waals surface area contributed by atoms with Gasteiger partial charge < -0.3 is 15.7 Å². The molecule has 0 saturated carbocycles. The fourth-order valence-electron chi connectivity index (χ4n) is 1.57. The molecule has 1 rings (SSSR count). The van der Waals surface area contributed by atoms with Gasteiger partial charge in [0.1, 0.15) is 5.82 Å². The van der Waals surface area contributed by atoms with E-state index in [1.54, 1.807) is 13.1 Å². The third-order valence-electron chi connectivity index (χ3n) is 2.55. The van der Waals surface area contributed by atoms with Crippen molar-refractivity contribution in [1.29, 1.82) is 0 Å². The lowest BCUT2D eigenvalue weighted by Crippen LogP contribution is -2.25. The van der Waals surface area contributed by atoms with Crippen molar-refractivity contribution in [2.45, 2.75) is 32.4 Å². The topological polar surface area (TPSA) is 62.4 Å². The quantitative estimate of drug-likeness (QED) is 0.790. The molecule has 4 nitrogen and oxygen atoms in total. The van der Waals surface area contributed by atoms with Crippen LogP contribution in [0, 0.1) is 0 Å². The predicted octanol–water partition coefficient (Wildman–Crippen LogP) is 1.31. The Balaban J connectivity index is 2.77. The minimum absolute atomic E-state index is 0.0299. The fourth-order valence-corrected chi connectivity index (χ4v) is 1.57. The van der Waals surface area contributed by atoms with Crippen molar-refractivity contribution >= 4 is 5.82 Å². The smallest absolute Gasteiger partial charge is 0.133 e. The van der Waals surface area contributed by atoms with Crippen molar-refractivity contribution in [3.8, 4) is 0 Å². The van der Waals surface area contributed by atoms with E-state index in [1.807, 2.05) is 31.0 Å². The van der Waals surface area contributed by atoms with E-state index in [9.17, 15) is 5.11 Å². The van der Waals surface area contributed by atoms with Gasteiger partial charge in [0, 0.05) is 31.4 Å². The standard InChI is InChI=1S/C12H21N3O/c1-9(16)6-8-15(3)12-11(10(2)13)5-4-7-14-12/h4-5,7,9-10,16H,6,8,13H2,1-3H3. The molecule has 0 amide bonds. The Labute approximate surface area is 97.1 Å². The Morgan fingerprint density at radius 3 is 2.75 bits per heavy atom. The third-order valence-corrected chi connectivity index (χ3v) is 2.55. The average Bonchev–Trinajstić information content (AvgIpc) is 2.25. The van der Waals surface area contributed by atoms with E-state index in [4.69, 9.17) is 5.73 Å². The van der Waals surface area contributed by atoms with Crippen molar-refractivity contribution < 1.29 is 5.11 Å². The molecule has 0 radical (unpaired) electrons. The number of anilines is 1. The van der Waals surface area contributed by atoms with Gasteiger partial charge >= 0.3 is 0 Å². The molecule has 16 heavy (non-hydrogen) atoms. The molecule has 0 fully saturated rings. The van der Waals surface area contributed by atoms with Crippen molar-refractivity contribution in [3.63, 3.8) is 0 Å². The fraction of sp³-hybridized carbons (Fsp3) is 0.583. The lowest BCUT2D eigenvalue weighted by atomic mass is 10.1. The molecule has 0 aliphatic heterocycles. The van der Waals surface area contributed by atoms with Gasteiger partial charge in [-0.15, -0.1) is 0 Å². The molecule has 0 spiro atoms. The maximum Gasteiger partial charge on any atom is 0.133 e. The van der Waals surface area contributed by atoms with E-state index in [2.05, 4.69) is 4.98 Å². The summed E-state index contributed by atoms with van der Waals surface area (Å²) in [5.41, 5.74) is 6.93. The number of aromatic nitrogens is 1. The Bertz CT molecular complexity index is 326. The molecule has 3 N–H and O–H groups in total. The summed E-state index contributed by atoms with van der Waals surface area (Å²) in [6, 6.07) is 3.86. The first-order chi connectivity index (χ1) is 7.52. The Kier molecular flexibility index (Phi) is 4.71. The monoisotopic (exact) mass is 223 g/mol. The molecule has 0 aromatic carbocycles. The normalized spacial score (nSPS) is 14.6. The lowest BCUT2D eigenvalue weighted by molar-refractivity contribution is 0.187. The zero-order valence-corrected chi connectivity index (χ0v) is 10.2. The summed E-state index contributed by atoms with van der Waals surface area (Å²) in [7, 11) is 1.97. The number of nitrogens with zero attached hydrogens (tertiary/aromatic N) is 2. The van der Waals surface area contributed by atoms with Crippen LogP contribution in [-0.2, 0) is 0 Å². The van der Waals surface area contributed by atoms with Gasteiger partial charge in [-0.1, -0.05) is 6.07 Å². The molecule has 0 bridgehead atoms. The van der Waals surface area contributed by atoms with Crippen LogP contribution >= 0.6 is 0 Å². The van der Waals surface area contributed by atoms with Crippen molar-refractivity contribution in [2.75, 3.05) is 18.5 Å². The van der Waals surface area contributed by atoms with Crippen molar-refractivity contribution in [2.24, 2.45) is 5.73 Å². The van der Waals surface area contributed by atoms with Gasteiger partial charge in [0.2, 0.25) is 0 Å². The summed E-state index contributed by atoms with van der Waals surface area (Å²) in [6.07, 6.45) is 2.20. The minimum Gasteiger partial charge on any atom is -0.393 e. The molecular weight excluding hydrogens is 202 g/mol. The Morgan fingerprint density at radius 1 is 1.50 bits per heavy atom. The van der Waals surface area contributed by atoms with E-state index in [-0.39, 0.29) is 12.1 Å². The van der Waals surface area contributed by atoms with E-state index in [1.165, 1.54) is 0 Å². The van der Waals surface area contributed by atoms with Crippen LogP contribution in [0.5, 0.6) is 0 Å². The van der Waals surface area contributed by atoms with Gasteiger partial charge in [0.05, 0.1) is 6.10 Å². The number of hydrogen-bond donors (Lipinski definition) is 2. The van der Waals surface area contributed by atoms with Crippen LogP contribution in [0.15, 0.2) is 18.3 Å². The predicted molar refractivity (Wildman–Crippen MR) is 66.4 cm³/mol. The number of hydrogen-bond acceptors (Lipinski definition) is 4. The van der Waals surface area contributed by atoms with E-state index in [0.29, 0.717) is 0 Å². The maximum atomic E-state index is 9.25. The van der Waals surface area contributed by atoms with Crippen LogP contribution in [0.1, 0.15) is 31.9 Å². The van der Waals surface area contributed by atoms with Gasteiger partial charge in [-0.25, -0.2) is 4.98 Å². The molecule has 90 valence electrons. The van der Waals surface area contributed by atoms with Crippen LogP contribution in [0.3, 0.4) is 0 Å². The molecule has 1 heterocycles. The van der Waals surface area contributed by atoms with Crippen LogP contribution < -0.4 is 10.6 Å². The highest BCUT2D eigenvalue weighted by Crippen LogP contribution is 2.21. The van der Waals surface area contributed by atoms with Gasteiger partial charge in [-0.2, -0.15) is 0 Å². The summed E-state index contributed by atoms with van der Waals surface area (Å²) in [6.45, 7) is 4.51. The molecule has 0 aliphatic rings. The first-order valence-electron chi connectivity index (χ1n) is 5.62. The summed E-state index contributed by atoms with van der Waals surface area (Å²) in [4.78, 5) is 6.38. The van der Waals surface area contributed by atoms with Gasteiger partial charge in [-0.3, -0.25) is 0 Å². The molecule has 1 aromatic heterocycles.